The van der Waals surface area contributed by atoms with Gasteiger partial charge in [0.2, 0.25) is 0 Å². The quantitative estimate of drug-likeness (QED) is 0.325. The van der Waals surface area contributed by atoms with Crippen LogP contribution >= 0.6 is 27.5 Å². The summed E-state index contributed by atoms with van der Waals surface area (Å²) in [5, 5.41) is 0.460. The van der Waals surface area contributed by atoms with Gasteiger partial charge in [-0.2, -0.15) is 0 Å². The molecule has 0 amide bonds. The number of hydrogen-bond acceptors (Lipinski definition) is 3. The molecule has 0 radical (unpaired) electrons. The largest absolute Gasteiger partial charge is 0.486 e. The first kappa shape index (κ1) is 19.3. The number of benzene rings is 2. The zero-order valence-electron chi connectivity index (χ0n) is 13.8. The van der Waals surface area contributed by atoms with Crippen molar-refractivity contribution < 1.29 is 14.3 Å². The standard InChI is InChI=1S/C20H18BrClO3/c1-3-10-24-19(23)9-8-15-11-17(21)20(18(22)12-15)25-13-16-7-5-4-6-14(16)2/h3-9,11-12H,1,10,13H2,2H3/b9-8+. The minimum Gasteiger partial charge on any atom is -0.486 e. The maximum Gasteiger partial charge on any atom is 0.331 e. The van der Waals surface area contributed by atoms with E-state index < -0.39 is 5.97 Å². The van der Waals surface area contributed by atoms with Gasteiger partial charge in [-0.3, -0.25) is 0 Å². The molecule has 2 aromatic rings. The van der Waals surface area contributed by atoms with Crippen molar-refractivity contribution in [3.05, 3.63) is 81.3 Å². The normalized spacial score (nSPS) is 10.7. The molecule has 0 spiro atoms. The van der Waals surface area contributed by atoms with Crippen molar-refractivity contribution >= 4 is 39.6 Å². The molecule has 2 aromatic carbocycles. The molecule has 5 heteroatoms. The Morgan fingerprint density at radius 2 is 2.08 bits per heavy atom. The lowest BCUT2D eigenvalue weighted by Crippen LogP contribution is -2.00. The summed E-state index contributed by atoms with van der Waals surface area (Å²) < 4.78 is 11.5. The number of halogens is 2. The van der Waals surface area contributed by atoms with E-state index in [4.69, 9.17) is 21.1 Å². The second-order valence-corrected chi connectivity index (χ2v) is 6.54. The third-order valence-corrected chi connectivity index (χ3v) is 4.28. The van der Waals surface area contributed by atoms with Gasteiger partial charge < -0.3 is 9.47 Å². The SMILES string of the molecule is C=CCOC(=O)/C=C/c1cc(Cl)c(OCc2ccccc2C)c(Br)c1. The molecular weight excluding hydrogens is 404 g/mol. The summed E-state index contributed by atoms with van der Waals surface area (Å²) in [7, 11) is 0. The Labute approximate surface area is 161 Å². The molecule has 0 fully saturated rings. The summed E-state index contributed by atoms with van der Waals surface area (Å²) in [5.74, 6) is 0.128. The van der Waals surface area contributed by atoms with Crippen LogP contribution in [0.15, 0.2) is 59.6 Å². The van der Waals surface area contributed by atoms with Gasteiger partial charge >= 0.3 is 5.97 Å². The van der Waals surface area contributed by atoms with E-state index in [1.54, 1.807) is 12.1 Å². The van der Waals surface area contributed by atoms with E-state index in [2.05, 4.69) is 22.5 Å². The van der Waals surface area contributed by atoms with Crippen LogP contribution in [0.4, 0.5) is 0 Å². The summed E-state index contributed by atoms with van der Waals surface area (Å²) in [4.78, 5) is 11.5. The number of aryl methyl sites for hydroxylation is 1. The molecule has 0 N–H and O–H groups in total. The van der Waals surface area contributed by atoms with Gasteiger partial charge in [0.25, 0.3) is 0 Å². The fourth-order valence-corrected chi connectivity index (χ4v) is 3.08. The van der Waals surface area contributed by atoms with E-state index in [-0.39, 0.29) is 6.61 Å². The topological polar surface area (TPSA) is 35.5 Å². The van der Waals surface area contributed by atoms with Crippen molar-refractivity contribution in [2.45, 2.75) is 13.5 Å². The maximum absolute atomic E-state index is 11.5. The molecule has 0 aliphatic rings. The molecule has 0 heterocycles. The summed E-state index contributed by atoms with van der Waals surface area (Å²) in [6, 6.07) is 11.6. The van der Waals surface area contributed by atoms with Gasteiger partial charge in [0, 0.05) is 6.08 Å². The van der Waals surface area contributed by atoms with Gasteiger partial charge in [0.1, 0.15) is 13.2 Å². The van der Waals surface area contributed by atoms with Crippen LogP contribution in [-0.4, -0.2) is 12.6 Å². The minimum absolute atomic E-state index is 0.180. The van der Waals surface area contributed by atoms with E-state index in [1.165, 1.54) is 12.2 Å². The Kier molecular flexibility index (Phi) is 7.29. The number of carbonyl (C=O) groups is 1. The molecule has 2 rings (SSSR count). The third-order valence-electron chi connectivity index (χ3n) is 3.41. The molecular formula is C20H18BrClO3. The van der Waals surface area contributed by atoms with Crippen molar-refractivity contribution in [3.8, 4) is 5.75 Å². The molecule has 0 atom stereocenters. The highest BCUT2D eigenvalue weighted by atomic mass is 79.9. The monoisotopic (exact) mass is 420 g/mol. The van der Waals surface area contributed by atoms with Crippen LogP contribution in [-0.2, 0) is 16.1 Å². The van der Waals surface area contributed by atoms with E-state index in [1.807, 2.05) is 37.3 Å². The van der Waals surface area contributed by atoms with E-state index in [9.17, 15) is 4.79 Å². The number of hydrogen-bond donors (Lipinski definition) is 0. The predicted molar refractivity (Wildman–Crippen MR) is 105 cm³/mol. The van der Waals surface area contributed by atoms with Crippen molar-refractivity contribution in [3.63, 3.8) is 0 Å². The highest BCUT2D eigenvalue weighted by Gasteiger charge is 2.10. The number of carbonyl (C=O) groups excluding carboxylic acids is 1. The van der Waals surface area contributed by atoms with Crippen LogP contribution in [0.25, 0.3) is 6.08 Å². The van der Waals surface area contributed by atoms with Crippen molar-refractivity contribution in [2.75, 3.05) is 6.61 Å². The van der Waals surface area contributed by atoms with Crippen LogP contribution in [0, 0.1) is 6.92 Å². The molecule has 130 valence electrons. The lowest BCUT2D eigenvalue weighted by Gasteiger charge is -2.12. The van der Waals surface area contributed by atoms with Crippen LogP contribution < -0.4 is 4.74 Å². The van der Waals surface area contributed by atoms with Gasteiger partial charge in [-0.25, -0.2) is 4.79 Å². The van der Waals surface area contributed by atoms with E-state index >= 15 is 0 Å². The fourth-order valence-electron chi connectivity index (χ4n) is 2.09. The van der Waals surface area contributed by atoms with Gasteiger partial charge in [-0.1, -0.05) is 48.5 Å². The Hall–Kier alpha value is -2.04. The number of rotatable bonds is 7. The van der Waals surface area contributed by atoms with Crippen molar-refractivity contribution in [1.29, 1.82) is 0 Å². The molecule has 0 aromatic heterocycles. The lowest BCUT2D eigenvalue weighted by atomic mass is 10.1. The van der Waals surface area contributed by atoms with Crippen LogP contribution in [0.3, 0.4) is 0 Å². The molecule has 0 aliphatic heterocycles. The molecule has 0 aliphatic carbocycles. The van der Waals surface area contributed by atoms with Crippen LogP contribution in [0.2, 0.25) is 5.02 Å². The molecule has 0 bridgehead atoms. The smallest absolute Gasteiger partial charge is 0.331 e. The van der Waals surface area contributed by atoms with Crippen LogP contribution in [0.1, 0.15) is 16.7 Å². The Bertz CT molecular complexity index is 776. The molecule has 0 saturated carbocycles. The summed E-state index contributed by atoms with van der Waals surface area (Å²) in [6.07, 6.45) is 4.49. The average molecular weight is 422 g/mol. The van der Waals surface area contributed by atoms with Gasteiger partial charge in [0.05, 0.1) is 9.50 Å². The fraction of sp³-hybridized carbons (Fsp3) is 0.150. The molecule has 25 heavy (non-hydrogen) atoms. The van der Waals surface area contributed by atoms with Crippen LogP contribution in [0.5, 0.6) is 5.75 Å². The summed E-state index contributed by atoms with van der Waals surface area (Å²) >= 11 is 9.79. The summed E-state index contributed by atoms with van der Waals surface area (Å²) in [5.41, 5.74) is 3.02. The first-order valence-electron chi connectivity index (χ1n) is 7.63. The Balaban J connectivity index is 2.09. The highest BCUT2D eigenvalue weighted by Crippen LogP contribution is 2.35. The average Bonchev–Trinajstić information content (AvgIpc) is 2.59. The maximum atomic E-state index is 11.5. The summed E-state index contributed by atoms with van der Waals surface area (Å²) in [6.45, 7) is 6.13. The van der Waals surface area contributed by atoms with E-state index in [0.717, 1.165) is 16.7 Å². The first-order chi connectivity index (χ1) is 12.0. The third kappa shape index (κ3) is 5.76. The number of esters is 1. The van der Waals surface area contributed by atoms with Gasteiger partial charge in [0.15, 0.2) is 5.75 Å². The van der Waals surface area contributed by atoms with E-state index in [0.29, 0.717) is 21.9 Å². The Morgan fingerprint density at radius 1 is 1.32 bits per heavy atom. The van der Waals surface area contributed by atoms with Crippen molar-refractivity contribution in [1.82, 2.24) is 0 Å². The predicted octanol–water partition coefficient (Wildman–Crippen LogP) is 5.73. The number of ether oxygens (including phenoxy) is 2. The van der Waals surface area contributed by atoms with Crippen molar-refractivity contribution in [2.24, 2.45) is 0 Å². The highest BCUT2D eigenvalue weighted by molar-refractivity contribution is 9.10. The Morgan fingerprint density at radius 3 is 2.76 bits per heavy atom. The molecule has 3 nitrogen and oxygen atoms in total. The first-order valence-corrected chi connectivity index (χ1v) is 8.80. The zero-order valence-corrected chi connectivity index (χ0v) is 16.1. The second-order valence-electron chi connectivity index (χ2n) is 5.28. The molecule has 0 saturated heterocycles. The zero-order chi connectivity index (χ0) is 18.2. The second kappa shape index (κ2) is 9.44. The van der Waals surface area contributed by atoms with Gasteiger partial charge in [-0.05, 0) is 57.8 Å². The molecule has 0 unspecified atom stereocenters. The minimum atomic E-state index is -0.438. The van der Waals surface area contributed by atoms with Gasteiger partial charge in [-0.15, -0.1) is 0 Å². The lowest BCUT2D eigenvalue weighted by molar-refractivity contribution is -0.136.